The Hall–Kier alpha value is 0.430. The van der Waals surface area contributed by atoms with Gasteiger partial charge in [0.25, 0.3) is 0 Å². The molecule has 0 amide bonds. The third-order valence-electron chi connectivity index (χ3n) is 11.0. The summed E-state index contributed by atoms with van der Waals surface area (Å²) in [6.45, 7) is 9.44. The molecule has 1 heteroatoms. The van der Waals surface area contributed by atoms with Crippen molar-refractivity contribution in [2.45, 2.75) is 252 Å². The van der Waals surface area contributed by atoms with Crippen molar-refractivity contribution in [1.82, 2.24) is 0 Å². The summed E-state index contributed by atoms with van der Waals surface area (Å²) < 4.78 is 0. The Morgan fingerprint density at radius 3 is 0.545 bits per heavy atom. The van der Waals surface area contributed by atoms with E-state index in [1.165, 1.54) is 205 Å². The molecule has 0 aromatic heterocycles. The van der Waals surface area contributed by atoms with Crippen LogP contribution >= 0.6 is 7.26 Å². The fourth-order valence-electron chi connectivity index (χ4n) is 7.79. The summed E-state index contributed by atoms with van der Waals surface area (Å²) in [7, 11) is -1.10. The van der Waals surface area contributed by atoms with Gasteiger partial charge in [-0.1, -0.05) is 20.8 Å². The van der Waals surface area contributed by atoms with Crippen LogP contribution in [0, 0.1) is 0 Å². The zero-order valence-corrected chi connectivity index (χ0v) is 33.1. The van der Waals surface area contributed by atoms with Gasteiger partial charge in [0.15, 0.2) is 0 Å². The van der Waals surface area contributed by atoms with Crippen LogP contribution in [0.5, 0.6) is 0 Å². The summed E-state index contributed by atoms with van der Waals surface area (Å²) in [5.41, 5.74) is 0. The van der Waals surface area contributed by atoms with E-state index < -0.39 is 7.26 Å². The Morgan fingerprint density at radius 2 is 0.341 bits per heavy atom. The van der Waals surface area contributed by atoms with E-state index in [9.17, 15) is 0 Å². The first-order valence-corrected chi connectivity index (χ1v) is 24.6. The summed E-state index contributed by atoms with van der Waals surface area (Å²) in [6, 6.07) is 0. The second kappa shape index (κ2) is 37.9. The third kappa shape index (κ3) is 32.4. The molecule has 0 fully saturated rings. The molecule has 0 aromatic rings. The van der Waals surface area contributed by atoms with Crippen LogP contribution in [0.1, 0.15) is 252 Å². The standard InChI is InChI=1S/C43H91P/c1-5-9-13-16-19-22-25-28-31-34-37-41-44(40-12-8-4,42-38-35-32-29-26-23-20-17-14-10-6-2)43-39-36-33-30-27-24-21-18-15-11-7-3/h44H,5-43H2,1-4H3. The average molecular weight is 639 g/mol. The SMILES string of the molecule is CCCCCCCCCCCCC[PH](CCCC)(CCCCCCCCCCCCC)CCCCCCCCCCCCC. The fourth-order valence-corrected chi connectivity index (χ4v) is 13.4. The van der Waals surface area contributed by atoms with Crippen molar-refractivity contribution in [2.24, 2.45) is 0 Å². The van der Waals surface area contributed by atoms with Crippen molar-refractivity contribution in [3.05, 3.63) is 0 Å². The zero-order chi connectivity index (χ0) is 32.1. The van der Waals surface area contributed by atoms with Gasteiger partial charge in [0.1, 0.15) is 0 Å². The predicted molar refractivity (Wildman–Crippen MR) is 212 cm³/mol. The van der Waals surface area contributed by atoms with Crippen molar-refractivity contribution in [2.75, 3.05) is 24.6 Å². The first-order valence-electron chi connectivity index (χ1n) is 21.7. The molecule has 0 bridgehead atoms. The first kappa shape index (κ1) is 44.4. The van der Waals surface area contributed by atoms with E-state index in [4.69, 9.17) is 0 Å². The summed E-state index contributed by atoms with van der Waals surface area (Å²) in [6.07, 6.45) is 58.9. The molecule has 0 saturated carbocycles. The van der Waals surface area contributed by atoms with Crippen LogP contribution in [-0.2, 0) is 0 Å². The van der Waals surface area contributed by atoms with Crippen LogP contribution in [0.15, 0.2) is 0 Å². The van der Waals surface area contributed by atoms with Crippen LogP contribution in [0.25, 0.3) is 0 Å². The van der Waals surface area contributed by atoms with Gasteiger partial charge < -0.3 is 0 Å². The van der Waals surface area contributed by atoms with Crippen LogP contribution < -0.4 is 0 Å². The summed E-state index contributed by atoms with van der Waals surface area (Å²) in [5.74, 6) is 0. The summed E-state index contributed by atoms with van der Waals surface area (Å²) >= 11 is 0. The van der Waals surface area contributed by atoms with E-state index in [1.807, 2.05) is 0 Å². The Morgan fingerprint density at radius 1 is 0.182 bits per heavy atom. The number of hydrogen-bond acceptors (Lipinski definition) is 0. The first-order chi connectivity index (χ1) is 21.7. The molecule has 0 aliphatic heterocycles. The second-order valence-corrected chi connectivity index (χ2v) is 20.5. The molecule has 0 aliphatic carbocycles. The van der Waals surface area contributed by atoms with E-state index in [2.05, 4.69) is 27.7 Å². The number of unbranched alkanes of at least 4 members (excludes halogenated alkanes) is 31. The van der Waals surface area contributed by atoms with Gasteiger partial charge in [-0.25, -0.2) is 0 Å². The van der Waals surface area contributed by atoms with Gasteiger partial charge in [-0.2, -0.15) is 0 Å². The van der Waals surface area contributed by atoms with Crippen molar-refractivity contribution >= 4 is 7.26 Å². The average Bonchev–Trinajstić information content (AvgIpc) is 3.04. The van der Waals surface area contributed by atoms with Crippen LogP contribution in [-0.4, -0.2) is 24.6 Å². The molecule has 0 rings (SSSR count). The molecule has 44 heavy (non-hydrogen) atoms. The van der Waals surface area contributed by atoms with Crippen LogP contribution in [0.3, 0.4) is 0 Å². The minimum absolute atomic E-state index is 1.10. The molecule has 0 aromatic carbocycles. The van der Waals surface area contributed by atoms with E-state index in [-0.39, 0.29) is 0 Å². The van der Waals surface area contributed by atoms with E-state index in [1.54, 1.807) is 43.9 Å². The molecule has 0 spiro atoms. The van der Waals surface area contributed by atoms with Crippen molar-refractivity contribution < 1.29 is 0 Å². The van der Waals surface area contributed by atoms with Gasteiger partial charge in [-0.3, -0.25) is 0 Å². The Kier molecular flexibility index (Phi) is 38.3. The van der Waals surface area contributed by atoms with Crippen molar-refractivity contribution in [3.8, 4) is 0 Å². The second-order valence-electron chi connectivity index (χ2n) is 15.5. The van der Waals surface area contributed by atoms with Crippen LogP contribution in [0.2, 0.25) is 0 Å². The Bertz CT molecular complexity index is 435. The minimum Gasteiger partial charge on any atom is -0.0654 e. The van der Waals surface area contributed by atoms with E-state index >= 15 is 0 Å². The van der Waals surface area contributed by atoms with Gasteiger partial charge in [-0.15, -0.1) is 0 Å². The molecular formula is C43H91P. The normalized spacial score (nSPS) is 12.4. The molecule has 0 N–H and O–H groups in total. The summed E-state index contributed by atoms with van der Waals surface area (Å²) in [4.78, 5) is 0. The van der Waals surface area contributed by atoms with Gasteiger partial charge in [-0.05, 0) is 0 Å². The number of rotatable bonds is 39. The van der Waals surface area contributed by atoms with Gasteiger partial charge in [0.2, 0.25) is 0 Å². The van der Waals surface area contributed by atoms with E-state index in [0.717, 1.165) is 0 Å². The molecule has 0 nitrogen and oxygen atoms in total. The molecular weight excluding hydrogens is 547 g/mol. The quantitative estimate of drug-likeness (QED) is 0.0464. The molecule has 0 unspecified atom stereocenters. The van der Waals surface area contributed by atoms with Gasteiger partial charge >= 0.3 is 264 Å². The molecule has 268 valence electrons. The van der Waals surface area contributed by atoms with Crippen molar-refractivity contribution in [1.29, 1.82) is 0 Å². The monoisotopic (exact) mass is 639 g/mol. The number of hydrogen-bond donors (Lipinski definition) is 0. The molecule has 0 radical (unpaired) electrons. The van der Waals surface area contributed by atoms with Crippen molar-refractivity contribution in [3.63, 3.8) is 0 Å². The molecule has 0 aliphatic rings. The third-order valence-corrected chi connectivity index (χ3v) is 16.6. The molecule has 0 heterocycles. The minimum atomic E-state index is -1.10. The molecule has 0 saturated heterocycles. The zero-order valence-electron chi connectivity index (χ0n) is 32.1. The smallest absolute Gasteiger partial charge is 0.0654 e. The Labute approximate surface area is 283 Å². The topological polar surface area (TPSA) is 0 Å². The molecule has 0 atom stereocenters. The fraction of sp³-hybridized carbons (Fsp3) is 1.00. The predicted octanol–water partition coefficient (Wildman–Crippen LogP) is 16.5. The maximum atomic E-state index is 2.45. The van der Waals surface area contributed by atoms with Crippen LogP contribution in [0.4, 0.5) is 0 Å². The van der Waals surface area contributed by atoms with E-state index in [0.29, 0.717) is 0 Å². The summed E-state index contributed by atoms with van der Waals surface area (Å²) in [5, 5.41) is 0. The van der Waals surface area contributed by atoms with Gasteiger partial charge in [0.05, 0.1) is 0 Å². The maximum absolute atomic E-state index is 2.45. The van der Waals surface area contributed by atoms with Gasteiger partial charge in [0, 0.05) is 0 Å². The Balaban J connectivity index is 4.46.